The SMILES string of the molecule is Cc1ccc(Cn2nc3c(c2Cl)CCCC3)cc1. The summed E-state index contributed by atoms with van der Waals surface area (Å²) in [5.41, 5.74) is 5.01. The molecule has 1 aromatic heterocycles. The maximum atomic E-state index is 6.42. The highest BCUT2D eigenvalue weighted by Crippen LogP contribution is 2.27. The maximum Gasteiger partial charge on any atom is 0.130 e. The molecule has 1 aliphatic rings. The van der Waals surface area contributed by atoms with E-state index in [0.29, 0.717) is 0 Å². The van der Waals surface area contributed by atoms with Gasteiger partial charge >= 0.3 is 0 Å². The van der Waals surface area contributed by atoms with Gasteiger partial charge in [-0.3, -0.25) is 0 Å². The van der Waals surface area contributed by atoms with Crippen LogP contribution >= 0.6 is 11.6 Å². The van der Waals surface area contributed by atoms with Crippen molar-refractivity contribution in [1.29, 1.82) is 0 Å². The lowest BCUT2D eigenvalue weighted by atomic mass is 9.99. The van der Waals surface area contributed by atoms with Crippen LogP contribution in [0, 0.1) is 6.92 Å². The van der Waals surface area contributed by atoms with Crippen LogP contribution < -0.4 is 0 Å². The Hall–Kier alpha value is -1.28. The number of hydrogen-bond donors (Lipinski definition) is 0. The summed E-state index contributed by atoms with van der Waals surface area (Å²) in [6.07, 6.45) is 4.64. The van der Waals surface area contributed by atoms with Gasteiger partial charge in [0.05, 0.1) is 12.2 Å². The highest BCUT2D eigenvalue weighted by atomic mass is 35.5. The van der Waals surface area contributed by atoms with E-state index < -0.39 is 0 Å². The van der Waals surface area contributed by atoms with Crippen LogP contribution in [0.3, 0.4) is 0 Å². The van der Waals surface area contributed by atoms with Gasteiger partial charge in [-0.2, -0.15) is 5.10 Å². The first-order valence-corrected chi connectivity index (χ1v) is 6.91. The normalized spacial score (nSPS) is 14.6. The van der Waals surface area contributed by atoms with Crippen LogP contribution in [0.2, 0.25) is 5.15 Å². The Morgan fingerprint density at radius 1 is 1.17 bits per heavy atom. The Morgan fingerprint density at radius 3 is 2.61 bits per heavy atom. The molecule has 3 heteroatoms. The van der Waals surface area contributed by atoms with E-state index in [1.165, 1.54) is 35.2 Å². The predicted octanol–water partition coefficient (Wildman–Crippen LogP) is 3.77. The Labute approximate surface area is 113 Å². The van der Waals surface area contributed by atoms with Crippen LogP contribution in [0.15, 0.2) is 24.3 Å². The second-order valence-electron chi connectivity index (χ2n) is 5.07. The summed E-state index contributed by atoms with van der Waals surface area (Å²) in [6.45, 7) is 2.87. The Balaban J connectivity index is 1.88. The van der Waals surface area contributed by atoms with Crippen LogP contribution in [-0.4, -0.2) is 9.78 Å². The summed E-state index contributed by atoms with van der Waals surface area (Å²) in [4.78, 5) is 0. The van der Waals surface area contributed by atoms with Crippen molar-refractivity contribution in [2.24, 2.45) is 0 Å². The Bertz CT molecular complexity index is 555. The highest BCUT2D eigenvalue weighted by Gasteiger charge is 2.19. The molecule has 0 fully saturated rings. The number of rotatable bonds is 2. The molecule has 3 rings (SSSR count). The lowest BCUT2D eigenvalue weighted by Gasteiger charge is -2.08. The fraction of sp³-hybridized carbons (Fsp3) is 0.400. The van der Waals surface area contributed by atoms with Gasteiger partial charge in [0.1, 0.15) is 5.15 Å². The van der Waals surface area contributed by atoms with Crippen molar-refractivity contribution in [3.63, 3.8) is 0 Å². The second kappa shape index (κ2) is 4.77. The minimum atomic E-state index is 0.770. The molecule has 18 heavy (non-hydrogen) atoms. The van der Waals surface area contributed by atoms with E-state index in [-0.39, 0.29) is 0 Å². The average molecular weight is 261 g/mol. The summed E-state index contributed by atoms with van der Waals surface area (Å²) < 4.78 is 1.95. The molecule has 0 saturated carbocycles. The van der Waals surface area contributed by atoms with Crippen molar-refractivity contribution < 1.29 is 0 Å². The zero-order valence-corrected chi connectivity index (χ0v) is 11.4. The third kappa shape index (κ3) is 2.17. The van der Waals surface area contributed by atoms with Crippen molar-refractivity contribution in [3.05, 3.63) is 51.8 Å². The first-order chi connectivity index (χ1) is 8.74. The van der Waals surface area contributed by atoms with Crippen molar-refractivity contribution in [2.45, 2.75) is 39.2 Å². The summed E-state index contributed by atoms with van der Waals surface area (Å²) >= 11 is 6.42. The fourth-order valence-electron chi connectivity index (χ4n) is 2.54. The molecule has 0 radical (unpaired) electrons. The maximum absolute atomic E-state index is 6.42. The standard InChI is InChI=1S/C15H17ClN2/c1-11-6-8-12(9-7-11)10-18-15(16)13-4-2-3-5-14(13)17-18/h6-9H,2-5,10H2,1H3. The molecule has 0 aliphatic heterocycles. The van der Waals surface area contributed by atoms with Crippen LogP contribution in [0.4, 0.5) is 0 Å². The van der Waals surface area contributed by atoms with E-state index >= 15 is 0 Å². The van der Waals surface area contributed by atoms with Gasteiger partial charge in [0.25, 0.3) is 0 Å². The molecule has 2 aromatic rings. The summed E-state index contributed by atoms with van der Waals surface area (Å²) in [5.74, 6) is 0. The second-order valence-corrected chi connectivity index (χ2v) is 5.42. The van der Waals surface area contributed by atoms with Gasteiger partial charge < -0.3 is 0 Å². The molecule has 0 bridgehead atoms. The van der Waals surface area contributed by atoms with Gasteiger partial charge in [-0.05, 0) is 38.2 Å². The molecule has 0 atom stereocenters. The molecule has 0 unspecified atom stereocenters. The minimum Gasteiger partial charge on any atom is -0.249 e. The van der Waals surface area contributed by atoms with E-state index in [4.69, 9.17) is 11.6 Å². The summed E-state index contributed by atoms with van der Waals surface area (Å²) in [6, 6.07) is 8.55. The van der Waals surface area contributed by atoms with Crippen molar-refractivity contribution in [2.75, 3.05) is 0 Å². The molecule has 2 nitrogen and oxygen atoms in total. The van der Waals surface area contributed by atoms with Gasteiger partial charge in [-0.1, -0.05) is 41.4 Å². The molecular formula is C15H17ClN2. The van der Waals surface area contributed by atoms with Crippen LogP contribution in [0.1, 0.15) is 35.2 Å². The van der Waals surface area contributed by atoms with Crippen molar-refractivity contribution in [1.82, 2.24) is 9.78 Å². The molecule has 0 N–H and O–H groups in total. The zero-order valence-electron chi connectivity index (χ0n) is 10.6. The van der Waals surface area contributed by atoms with Crippen molar-refractivity contribution >= 4 is 11.6 Å². The first-order valence-electron chi connectivity index (χ1n) is 6.53. The average Bonchev–Trinajstić information content (AvgIpc) is 2.70. The van der Waals surface area contributed by atoms with E-state index in [1.807, 2.05) is 4.68 Å². The lowest BCUT2D eigenvalue weighted by molar-refractivity contribution is 0.646. The predicted molar refractivity (Wildman–Crippen MR) is 74.2 cm³/mol. The molecule has 0 saturated heterocycles. The molecular weight excluding hydrogens is 244 g/mol. The Kier molecular flexibility index (Phi) is 3.13. The summed E-state index contributed by atoms with van der Waals surface area (Å²) in [5, 5.41) is 5.49. The molecule has 0 amide bonds. The molecule has 1 aromatic carbocycles. The first kappa shape index (κ1) is 11.8. The molecule has 1 heterocycles. The fourth-order valence-corrected chi connectivity index (χ4v) is 2.84. The van der Waals surface area contributed by atoms with E-state index in [0.717, 1.165) is 24.5 Å². The third-order valence-corrected chi connectivity index (χ3v) is 4.03. The number of fused-ring (bicyclic) bond motifs is 1. The number of halogens is 1. The van der Waals surface area contributed by atoms with Crippen LogP contribution in [0.25, 0.3) is 0 Å². The number of benzene rings is 1. The number of aryl methyl sites for hydroxylation is 2. The van der Waals surface area contributed by atoms with Crippen LogP contribution in [0.5, 0.6) is 0 Å². The van der Waals surface area contributed by atoms with Gasteiger partial charge in [-0.25, -0.2) is 4.68 Å². The quantitative estimate of drug-likeness (QED) is 0.804. The smallest absolute Gasteiger partial charge is 0.130 e. The van der Waals surface area contributed by atoms with Gasteiger partial charge in [-0.15, -0.1) is 0 Å². The van der Waals surface area contributed by atoms with Gasteiger partial charge in [0.15, 0.2) is 0 Å². The molecule has 94 valence electrons. The van der Waals surface area contributed by atoms with E-state index in [9.17, 15) is 0 Å². The topological polar surface area (TPSA) is 17.8 Å². The highest BCUT2D eigenvalue weighted by molar-refractivity contribution is 6.30. The number of hydrogen-bond acceptors (Lipinski definition) is 1. The lowest BCUT2D eigenvalue weighted by Crippen LogP contribution is -2.02. The summed E-state index contributed by atoms with van der Waals surface area (Å²) in [7, 11) is 0. The minimum absolute atomic E-state index is 0.770. The van der Waals surface area contributed by atoms with Crippen molar-refractivity contribution in [3.8, 4) is 0 Å². The third-order valence-electron chi connectivity index (χ3n) is 3.61. The van der Waals surface area contributed by atoms with Crippen LogP contribution in [-0.2, 0) is 19.4 Å². The molecule has 0 spiro atoms. The monoisotopic (exact) mass is 260 g/mol. The Morgan fingerprint density at radius 2 is 1.89 bits per heavy atom. The van der Waals surface area contributed by atoms with E-state index in [2.05, 4.69) is 36.3 Å². The van der Waals surface area contributed by atoms with Gasteiger partial charge in [0.2, 0.25) is 0 Å². The molecule has 1 aliphatic carbocycles. The zero-order chi connectivity index (χ0) is 12.5. The van der Waals surface area contributed by atoms with Gasteiger partial charge in [0, 0.05) is 5.56 Å². The number of aromatic nitrogens is 2. The largest absolute Gasteiger partial charge is 0.249 e. The number of nitrogens with zero attached hydrogens (tertiary/aromatic N) is 2. The van der Waals surface area contributed by atoms with E-state index in [1.54, 1.807) is 0 Å².